The van der Waals surface area contributed by atoms with Gasteiger partial charge in [-0.15, -0.1) is 11.8 Å². The first-order chi connectivity index (χ1) is 36.4. The van der Waals surface area contributed by atoms with Gasteiger partial charge in [0.25, 0.3) is 9.84 Å². The number of aromatic nitrogens is 1. The van der Waals surface area contributed by atoms with Crippen LogP contribution in [0.4, 0.5) is 40.3 Å². The number of nitrogens with one attached hydrogen (secondary N) is 2. The second-order valence-electron chi connectivity index (χ2n) is 19.6. The third kappa shape index (κ3) is 13.5. The first-order valence-corrected chi connectivity index (χ1v) is 31.8. The molecule has 3 N–H and O–H groups in total. The maximum absolute atomic E-state index is 15.8. The average Bonchev–Trinajstić information content (AvgIpc) is 3.81. The van der Waals surface area contributed by atoms with Crippen LogP contribution in [-0.4, -0.2) is 113 Å². The molecule has 2 aliphatic heterocycles. The lowest BCUT2D eigenvalue weighted by Gasteiger charge is -2.37. The molecular weight excluding hydrogens is 1100 g/mol. The van der Waals surface area contributed by atoms with E-state index in [0.717, 1.165) is 28.5 Å². The SMILES string of the molecule is CCO[P@@](=O)(Nc1ccc(N2CCN(c3cc(F)cc(-c4c(S(C)(=O)=O)c(C)n(C(C)C)c4-c4ccc(Cl)cc4)c3)CC2)cc1)c1ccc(N[C@H](CCN2CCC(O)CC2)CSc2ccccc2)c(S(=O)(=O)C(F)(F)F)c1. The van der Waals surface area contributed by atoms with Crippen LogP contribution in [0, 0.1) is 12.7 Å². The Hall–Kier alpha value is -5.05. The fourth-order valence-electron chi connectivity index (χ4n) is 10.1. The Morgan fingerprint density at radius 2 is 1.47 bits per heavy atom. The molecule has 8 rings (SSSR count). The lowest BCUT2D eigenvalue weighted by Crippen LogP contribution is -2.46. The van der Waals surface area contributed by atoms with Gasteiger partial charge in [0.05, 0.1) is 34.3 Å². The lowest BCUT2D eigenvalue weighted by molar-refractivity contribution is -0.0435. The number of rotatable bonds is 20. The third-order valence-electron chi connectivity index (χ3n) is 13.8. The molecule has 2 atom stereocenters. The van der Waals surface area contributed by atoms with Gasteiger partial charge in [0, 0.05) is 108 Å². The Morgan fingerprint density at radius 1 is 0.831 bits per heavy atom. The molecule has 0 aliphatic carbocycles. The van der Waals surface area contributed by atoms with Crippen LogP contribution in [0.25, 0.3) is 22.4 Å². The Kier molecular flexibility index (Phi) is 18.2. The number of hydrogen-bond donors (Lipinski definition) is 3. The number of nitrogens with zero attached hydrogens (tertiary/aromatic N) is 4. The summed E-state index contributed by atoms with van der Waals surface area (Å²) in [6.07, 6.45) is 2.44. The van der Waals surface area contributed by atoms with Gasteiger partial charge in [0.15, 0.2) is 9.84 Å². The summed E-state index contributed by atoms with van der Waals surface area (Å²) in [5.41, 5.74) is -1.57. The first kappa shape index (κ1) is 58.1. The summed E-state index contributed by atoms with van der Waals surface area (Å²) in [5, 5.41) is 16.3. The van der Waals surface area contributed by atoms with E-state index in [1.54, 1.807) is 50.2 Å². The van der Waals surface area contributed by atoms with E-state index >= 15 is 4.39 Å². The molecule has 5 aromatic carbocycles. The number of benzene rings is 5. The number of piperazine rings is 1. The van der Waals surface area contributed by atoms with Crippen molar-refractivity contribution in [2.75, 3.05) is 84.6 Å². The summed E-state index contributed by atoms with van der Waals surface area (Å²) in [4.78, 5) is 6.28. The number of likely N-dealkylation sites (tertiary alicyclic amines) is 1. The zero-order valence-electron chi connectivity index (χ0n) is 43.4. The van der Waals surface area contributed by atoms with Crippen LogP contribution in [0.1, 0.15) is 51.8 Å². The van der Waals surface area contributed by atoms with Gasteiger partial charge in [-0.3, -0.25) is 4.57 Å². The van der Waals surface area contributed by atoms with E-state index in [4.69, 9.17) is 16.1 Å². The topological polar surface area (TPSA) is 154 Å². The number of aliphatic hydroxyl groups is 1. The number of piperidine rings is 1. The molecule has 1 aromatic heterocycles. The summed E-state index contributed by atoms with van der Waals surface area (Å²) < 4.78 is 136. The molecule has 13 nitrogen and oxygen atoms in total. The summed E-state index contributed by atoms with van der Waals surface area (Å²) >= 11 is 7.74. The molecule has 2 saturated heterocycles. The van der Waals surface area contributed by atoms with Crippen molar-refractivity contribution in [2.45, 2.75) is 85.3 Å². The minimum atomic E-state index is -5.98. The van der Waals surface area contributed by atoms with Gasteiger partial charge in [0.2, 0.25) is 0 Å². The van der Waals surface area contributed by atoms with Gasteiger partial charge in [-0.2, -0.15) is 13.2 Å². The zero-order chi connectivity index (χ0) is 55.5. The van der Waals surface area contributed by atoms with Gasteiger partial charge in [0.1, 0.15) is 10.7 Å². The van der Waals surface area contributed by atoms with E-state index in [0.29, 0.717) is 110 Å². The standard InChI is InChI=1S/C55H64ClF4N6O7PS3/c1-6-73-74(68,48-20-21-50(51(35-48)77(71,72)55(58,59)60)61-44(36-75-49-10-8-7-9-11-49)22-25-63-26-23-47(67)24-27-63)62-43-16-18-45(19-17-43)64-28-30-65(31-29-64)46-33-40(32-42(57)34-46)52-53(39-12-14-41(56)15-13-39)66(37(2)3)38(4)54(52)76(5,69)70/h7-21,32-35,37,44,47,61,67H,6,22-31,36H2,1-5H3,(H,62,68)/t44-,74-/m1/s1. The zero-order valence-corrected chi connectivity index (χ0v) is 47.5. The molecule has 0 amide bonds. The molecule has 6 aromatic rings. The summed E-state index contributed by atoms with van der Waals surface area (Å²) in [6, 6.07) is 30.7. The smallest absolute Gasteiger partial charge is 0.393 e. The highest BCUT2D eigenvalue weighted by molar-refractivity contribution is 7.99. The predicted molar refractivity (Wildman–Crippen MR) is 302 cm³/mol. The van der Waals surface area contributed by atoms with E-state index in [-0.39, 0.29) is 34.6 Å². The summed E-state index contributed by atoms with van der Waals surface area (Å²) in [5.74, 6) is -0.137. The molecule has 0 bridgehead atoms. The fraction of sp³-hybridized carbons (Fsp3) is 0.382. The Balaban J connectivity index is 1.01. The van der Waals surface area contributed by atoms with E-state index in [9.17, 15) is 39.7 Å². The number of alkyl halides is 3. The summed E-state index contributed by atoms with van der Waals surface area (Å²) in [7, 11) is -14.1. The van der Waals surface area contributed by atoms with Crippen LogP contribution in [-0.2, 0) is 28.8 Å². The van der Waals surface area contributed by atoms with Gasteiger partial charge in [-0.1, -0.05) is 41.9 Å². The van der Waals surface area contributed by atoms with E-state index in [2.05, 4.69) is 20.2 Å². The Bertz CT molecular complexity index is 3300. The highest BCUT2D eigenvalue weighted by Crippen LogP contribution is 2.48. The number of sulfone groups is 2. The van der Waals surface area contributed by atoms with Crippen molar-refractivity contribution in [3.05, 3.63) is 132 Å². The normalized spacial score (nSPS) is 16.4. The minimum absolute atomic E-state index is 0.124. The quantitative estimate of drug-likeness (QED) is 0.0378. The number of anilines is 4. The molecule has 22 heteroatoms. The maximum Gasteiger partial charge on any atom is 0.501 e. The van der Waals surface area contributed by atoms with E-state index in [1.807, 2.05) is 71.8 Å². The van der Waals surface area contributed by atoms with Crippen LogP contribution >= 0.6 is 30.9 Å². The molecule has 0 saturated carbocycles. The maximum atomic E-state index is 15.8. The van der Waals surface area contributed by atoms with Crippen molar-refractivity contribution >= 4 is 78.6 Å². The fourth-order valence-corrected chi connectivity index (χ4v) is 15.3. The predicted octanol–water partition coefficient (Wildman–Crippen LogP) is 11.9. The van der Waals surface area contributed by atoms with Crippen molar-refractivity contribution in [3.8, 4) is 22.4 Å². The minimum Gasteiger partial charge on any atom is -0.393 e. The molecule has 77 heavy (non-hydrogen) atoms. The molecule has 414 valence electrons. The van der Waals surface area contributed by atoms with Crippen molar-refractivity contribution in [2.24, 2.45) is 0 Å². The molecule has 2 aliphatic rings. The number of thioether (sulfide) groups is 1. The first-order valence-electron chi connectivity index (χ1n) is 25.4. The Morgan fingerprint density at radius 3 is 2.06 bits per heavy atom. The molecule has 2 fully saturated rings. The molecule has 3 heterocycles. The number of hydrogen-bond acceptors (Lipinski definition) is 12. The van der Waals surface area contributed by atoms with Crippen molar-refractivity contribution in [1.82, 2.24) is 9.47 Å². The molecule has 0 radical (unpaired) electrons. The van der Waals surface area contributed by atoms with Crippen LogP contribution < -0.4 is 25.5 Å². The number of aliphatic hydroxyl groups excluding tert-OH is 1. The lowest BCUT2D eigenvalue weighted by atomic mass is 9.99. The van der Waals surface area contributed by atoms with Crippen LogP contribution in [0.5, 0.6) is 0 Å². The van der Waals surface area contributed by atoms with Gasteiger partial charge >= 0.3 is 13.0 Å². The second-order valence-corrected chi connectivity index (χ2v) is 27.1. The third-order valence-corrected chi connectivity index (χ3v) is 20.2. The number of halogens is 5. The largest absolute Gasteiger partial charge is 0.501 e. The van der Waals surface area contributed by atoms with E-state index in [1.165, 1.54) is 36.0 Å². The van der Waals surface area contributed by atoms with Crippen molar-refractivity contribution in [3.63, 3.8) is 0 Å². The van der Waals surface area contributed by atoms with Crippen LogP contribution in [0.3, 0.4) is 0 Å². The molecule has 0 spiro atoms. The van der Waals surface area contributed by atoms with Gasteiger partial charge in [-0.05, 0) is 143 Å². The van der Waals surface area contributed by atoms with Crippen molar-refractivity contribution in [1.29, 1.82) is 0 Å². The van der Waals surface area contributed by atoms with Crippen molar-refractivity contribution < 1.29 is 48.6 Å². The van der Waals surface area contributed by atoms with E-state index < -0.39 is 49.5 Å². The second kappa shape index (κ2) is 24.1. The van der Waals surface area contributed by atoms with Gasteiger partial charge < -0.3 is 39.3 Å². The highest BCUT2D eigenvalue weighted by atomic mass is 35.5. The van der Waals surface area contributed by atoms with Gasteiger partial charge in [-0.25, -0.2) is 21.2 Å². The summed E-state index contributed by atoms with van der Waals surface area (Å²) in [6.45, 7) is 11.0. The highest BCUT2D eigenvalue weighted by Gasteiger charge is 2.49. The average molecular weight is 1160 g/mol. The van der Waals surface area contributed by atoms with Crippen LogP contribution in [0.2, 0.25) is 5.02 Å². The molecule has 0 unspecified atom stereocenters. The Labute approximate surface area is 458 Å². The molecular formula is C55H64ClF4N6O7PS3. The monoisotopic (exact) mass is 1160 g/mol. The van der Waals surface area contributed by atoms with Crippen LogP contribution in [0.15, 0.2) is 130 Å².